The number of nitrogens with zero attached hydrogens (tertiary/aromatic N) is 5. The molecule has 3 aromatic rings. The number of aromatic nitrogens is 4. The molecule has 0 bridgehead atoms. The van der Waals surface area contributed by atoms with Crippen LogP contribution in [0.2, 0.25) is 0 Å². The summed E-state index contributed by atoms with van der Waals surface area (Å²) >= 11 is 0. The zero-order chi connectivity index (χ0) is 16.5. The van der Waals surface area contributed by atoms with E-state index in [9.17, 15) is 4.79 Å². The second-order valence-electron chi connectivity index (χ2n) is 5.75. The number of rotatable bonds is 4. The van der Waals surface area contributed by atoms with Crippen molar-refractivity contribution in [3.63, 3.8) is 0 Å². The second kappa shape index (κ2) is 5.81. The van der Waals surface area contributed by atoms with E-state index in [0.717, 1.165) is 22.5 Å². The molecule has 3 aromatic heterocycles. The summed E-state index contributed by atoms with van der Waals surface area (Å²) in [7, 11) is 0. The minimum Gasteiger partial charge on any atom is -0.294 e. The van der Waals surface area contributed by atoms with Gasteiger partial charge in [-0.3, -0.25) is 19.2 Å². The Hall–Kier alpha value is -3.15. The monoisotopic (exact) mass is 317 g/mol. The van der Waals surface area contributed by atoms with Crippen molar-refractivity contribution in [1.29, 1.82) is 0 Å². The molecule has 4 rings (SSSR count). The molecule has 0 amide bonds. The molecule has 0 saturated carbocycles. The van der Waals surface area contributed by atoms with Gasteiger partial charge >= 0.3 is 0 Å². The Morgan fingerprint density at radius 1 is 1.33 bits per heavy atom. The lowest BCUT2D eigenvalue weighted by molar-refractivity contribution is 0.0993. The Morgan fingerprint density at radius 3 is 3.00 bits per heavy atom. The van der Waals surface area contributed by atoms with Gasteiger partial charge in [-0.25, -0.2) is 0 Å². The maximum absolute atomic E-state index is 12.8. The number of hydrogen-bond acceptors (Lipinski definition) is 5. The smallest absolute Gasteiger partial charge is 0.172 e. The Bertz CT molecular complexity index is 985. The van der Waals surface area contributed by atoms with Crippen LogP contribution >= 0.6 is 0 Å². The molecule has 0 atom stereocenters. The number of ketones is 1. The molecule has 0 aliphatic carbocycles. The molecule has 1 aliphatic rings. The van der Waals surface area contributed by atoms with Crippen LogP contribution in [0.4, 0.5) is 0 Å². The molecule has 118 valence electrons. The number of fused-ring (bicyclic) bond motifs is 1. The summed E-state index contributed by atoms with van der Waals surface area (Å²) < 4.78 is 1.79. The molecule has 4 heterocycles. The highest BCUT2D eigenvalue weighted by molar-refractivity contribution is 6.05. The van der Waals surface area contributed by atoms with E-state index in [4.69, 9.17) is 0 Å². The first-order chi connectivity index (χ1) is 11.7. The lowest BCUT2D eigenvalue weighted by Crippen LogP contribution is -2.08. The van der Waals surface area contributed by atoms with Gasteiger partial charge in [-0.15, -0.1) is 10.2 Å². The maximum Gasteiger partial charge on any atom is 0.172 e. The van der Waals surface area contributed by atoms with Gasteiger partial charge < -0.3 is 0 Å². The van der Waals surface area contributed by atoms with Crippen molar-refractivity contribution in [2.24, 2.45) is 4.99 Å². The van der Waals surface area contributed by atoms with Crippen molar-refractivity contribution >= 4 is 22.7 Å². The standard InChI is InChI=1S/C18H15N5O/c1-12-6-13(9-20-12)14-7-16(18-22-21-11-23(18)10-14)17(24)8-15-4-2-3-5-19-15/h2-7,10-11H,8-9H2,1H3. The molecule has 0 fully saturated rings. The van der Waals surface area contributed by atoms with E-state index in [2.05, 4.69) is 20.2 Å². The van der Waals surface area contributed by atoms with Gasteiger partial charge in [-0.1, -0.05) is 6.07 Å². The highest BCUT2D eigenvalue weighted by Crippen LogP contribution is 2.23. The molecule has 0 unspecified atom stereocenters. The lowest BCUT2D eigenvalue weighted by Gasteiger charge is -2.07. The fourth-order valence-corrected chi connectivity index (χ4v) is 2.81. The van der Waals surface area contributed by atoms with Crippen LogP contribution in [0, 0.1) is 0 Å². The van der Waals surface area contributed by atoms with E-state index >= 15 is 0 Å². The lowest BCUT2D eigenvalue weighted by atomic mass is 10.0. The van der Waals surface area contributed by atoms with Crippen molar-refractivity contribution < 1.29 is 4.79 Å². The zero-order valence-electron chi connectivity index (χ0n) is 13.2. The fourth-order valence-electron chi connectivity index (χ4n) is 2.81. The molecule has 6 nitrogen and oxygen atoms in total. The molecule has 0 N–H and O–H groups in total. The average Bonchev–Trinajstić information content (AvgIpc) is 3.23. The van der Waals surface area contributed by atoms with Crippen molar-refractivity contribution in [1.82, 2.24) is 19.6 Å². The molecule has 0 aromatic carbocycles. The molecule has 0 radical (unpaired) electrons. The highest BCUT2D eigenvalue weighted by Gasteiger charge is 2.17. The molecule has 0 saturated heterocycles. The SMILES string of the molecule is CC1=NCC(c2cc(C(=O)Cc3ccccn3)c3nncn3c2)=C1. The third kappa shape index (κ3) is 2.62. The third-order valence-electron chi connectivity index (χ3n) is 4.01. The number of carbonyl (C=O) groups excluding carboxylic acids is 1. The number of Topliss-reactive ketones (excluding diaryl/α,β-unsaturated/α-hetero) is 1. The first-order valence-electron chi connectivity index (χ1n) is 7.69. The topological polar surface area (TPSA) is 72.5 Å². The van der Waals surface area contributed by atoms with Crippen molar-refractivity contribution in [3.8, 4) is 0 Å². The van der Waals surface area contributed by atoms with Crippen LogP contribution in [0.5, 0.6) is 0 Å². The molecular formula is C18H15N5O. The summed E-state index contributed by atoms with van der Waals surface area (Å²) in [5, 5.41) is 8.02. The summed E-state index contributed by atoms with van der Waals surface area (Å²) in [5.74, 6) is -0.0233. The Labute approximate surface area is 138 Å². The first-order valence-corrected chi connectivity index (χ1v) is 7.69. The Balaban J connectivity index is 1.75. The predicted octanol–water partition coefficient (Wildman–Crippen LogP) is 2.41. The quantitative estimate of drug-likeness (QED) is 0.693. The van der Waals surface area contributed by atoms with E-state index in [1.54, 1.807) is 16.9 Å². The summed E-state index contributed by atoms with van der Waals surface area (Å²) in [5.41, 5.74) is 4.92. The molecule has 1 aliphatic heterocycles. The zero-order valence-corrected chi connectivity index (χ0v) is 13.2. The largest absolute Gasteiger partial charge is 0.294 e. The van der Waals surface area contributed by atoms with Crippen LogP contribution in [0.25, 0.3) is 11.2 Å². The second-order valence-corrected chi connectivity index (χ2v) is 5.75. The van der Waals surface area contributed by atoms with Crippen LogP contribution < -0.4 is 0 Å². The number of carbonyl (C=O) groups is 1. The van der Waals surface area contributed by atoms with Crippen LogP contribution in [0.3, 0.4) is 0 Å². The van der Waals surface area contributed by atoms with Gasteiger partial charge in [-0.05, 0) is 42.3 Å². The van der Waals surface area contributed by atoms with Gasteiger partial charge in [-0.2, -0.15) is 0 Å². The number of pyridine rings is 2. The van der Waals surface area contributed by atoms with Gasteiger partial charge in [0.2, 0.25) is 0 Å². The number of hydrogen-bond donors (Lipinski definition) is 0. The van der Waals surface area contributed by atoms with Gasteiger partial charge in [0, 0.05) is 23.8 Å². The van der Waals surface area contributed by atoms with Gasteiger partial charge in [0.15, 0.2) is 11.4 Å². The predicted molar refractivity (Wildman–Crippen MR) is 91.2 cm³/mol. The summed E-state index contributed by atoms with van der Waals surface area (Å²) in [4.78, 5) is 21.4. The minimum atomic E-state index is -0.0233. The van der Waals surface area contributed by atoms with Crippen LogP contribution in [0.1, 0.15) is 28.5 Å². The number of allylic oxidation sites excluding steroid dienone is 1. The highest BCUT2D eigenvalue weighted by atomic mass is 16.1. The summed E-state index contributed by atoms with van der Waals surface area (Å²) in [6.45, 7) is 2.60. The minimum absolute atomic E-state index is 0.0233. The molecule has 0 spiro atoms. The molecule has 24 heavy (non-hydrogen) atoms. The van der Waals surface area contributed by atoms with Crippen LogP contribution in [0.15, 0.2) is 54.1 Å². The van der Waals surface area contributed by atoms with Crippen molar-refractivity contribution in [2.75, 3.05) is 6.54 Å². The van der Waals surface area contributed by atoms with E-state index < -0.39 is 0 Å². The summed E-state index contributed by atoms with van der Waals surface area (Å²) in [6, 6.07) is 7.44. The van der Waals surface area contributed by atoms with E-state index in [-0.39, 0.29) is 12.2 Å². The van der Waals surface area contributed by atoms with Crippen LogP contribution in [-0.2, 0) is 6.42 Å². The van der Waals surface area contributed by atoms with Gasteiger partial charge in [0.1, 0.15) is 6.33 Å². The van der Waals surface area contributed by atoms with E-state index in [1.807, 2.05) is 43.5 Å². The van der Waals surface area contributed by atoms with Crippen molar-refractivity contribution in [2.45, 2.75) is 13.3 Å². The van der Waals surface area contributed by atoms with E-state index in [1.165, 1.54) is 0 Å². The Morgan fingerprint density at radius 2 is 2.25 bits per heavy atom. The van der Waals surface area contributed by atoms with Crippen LogP contribution in [-0.4, -0.2) is 37.6 Å². The van der Waals surface area contributed by atoms with Gasteiger partial charge in [0.25, 0.3) is 0 Å². The van der Waals surface area contributed by atoms with E-state index in [0.29, 0.717) is 17.8 Å². The molecule has 6 heteroatoms. The first kappa shape index (κ1) is 14.4. The van der Waals surface area contributed by atoms with Crippen molar-refractivity contribution in [3.05, 3.63) is 65.9 Å². The molecular weight excluding hydrogens is 302 g/mol. The average molecular weight is 317 g/mol. The fraction of sp³-hybridized carbons (Fsp3) is 0.167. The Kier molecular flexibility index (Phi) is 3.49. The summed E-state index contributed by atoms with van der Waals surface area (Å²) in [6.07, 6.45) is 7.52. The maximum atomic E-state index is 12.8. The van der Waals surface area contributed by atoms with Gasteiger partial charge in [0.05, 0.1) is 18.5 Å². The third-order valence-corrected chi connectivity index (χ3v) is 4.01. The normalized spacial score (nSPS) is 13.9. The number of aliphatic imine (C=N–C) groups is 1.